The van der Waals surface area contributed by atoms with Crippen LogP contribution in [0.4, 0.5) is 17.6 Å². The first-order chi connectivity index (χ1) is 14.9. The normalized spacial score (nSPS) is 13.5. The Morgan fingerprint density at radius 2 is 1.77 bits per heavy atom. The molecular formula is C22H14F4N4O. The maximum Gasteiger partial charge on any atom is 0.333 e. The Morgan fingerprint density at radius 1 is 1.03 bits per heavy atom. The average molecular weight is 426 g/mol. The highest BCUT2D eigenvalue weighted by molar-refractivity contribution is 5.97. The van der Waals surface area contributed by atoms with Crippen LogP contribution in [-0.4, -0.2) is 25.6 Å². The number of nitrogens with zero attached hydrogens (tertiary/aromatic N) is 4. The second-order valence-electron chi connectivity index (χ2n) is 7.20. The molecule has 0 saturated carbocycles. The van der Waals surface area contributed by atoms with Crippen LogP contribution in [-0.2, 0) is 13.1 Å². The van der Waals surface area contributed by atoms with Gasteiger partial charge in [-0.1, -0.05) is 12.1 Å². The zero-order valence-electron chi connectivity index (χ0n) is 15.9. The summed E-state index contributed by atoms with van der Waals surface area (Å²) in [6.45, 7) is -2.91. The number of amides is 1. The van der Waals surface area contributed by atoms with Crippen molar-refractivity contribution in [2.45, 2.75) is 19.6 Å². The van der Waals surface area contributed by atoms with Gasteiger partial charge in [0.25, 0.3) is 5.91 Å². The molecule has 1 aliphatic rings. The minimum absolute atomic E-state index is 0.168. The van der Waals surface area contributed by atoms with Crippen LogP contribution < -0.4 is 0 Å². The lowest BCUT2D eigenvalue weighted by Gasteiger charge is -2.17. The average Bonchev–Trinajstić information content (AvgIpc) is 3.32. The number of hydrogen-bond donors (Lipinski definition) is 0. The largest absolute Gasteiger partial charge is 0.333 e. The summed E-state index contributed by atoms with van der Waals surface area (Å²) in [6, 6.07) is 10.2. The third-order valence-electron chi connectivity index (χ3n) is 5.32. The fraction of sp³-hybridized carbons (Fsp3) is 0.136. The third-order valence-corrected chi connectivity index (χ3v) is 5.32. The number of pyridine rings is 1. The van der Waals surface area contributed by atoms with Crippen molar-refractivity contribution >= 4 is 16.8 Å². The van der Waals surface area contributed by atoms with Crippen molar-refractivity contribution in [1.29, 1.82) is 0 Å². The van der Waals surface area contributed by atoms with Gasteiger partial charge in [-0.3, -0.25) is 9.78 Å². The van der Waals surface area contributed by atoms with Crippen molar-refractivity contribution in [1.82, 2.24) is 19.7 Å². The van der Waals surface area contributed by atoms with Crippen LogP contribution in [0.3, 0.4) is 0 Å². The monoisotopic (exact) mass is 426 g/mol. The van der Waals surface area contributed by atoms with Crippen molar-refractivity contribution in [3.05, 3.63) is 83.3 Å². The molecule has 0 aliphatic carbocycles. The zero-order valence-corrected chi connectivity index (χ0v) is 15.9. The minimum atomic E-state index is -2.83. The SMILES string of the molecule is O=C1c2cccnc2CN1Cc1c(F)cc(-c2cccc3nn(C(F)F)cc23)cc1F. The van der Waals surface area contributed by atoms with E-state index in [1.807, 2.05) is 0 Å². The first kappa shape index (κ1) is 19.2. The molecule has 2 aromatic carbocycles. The van der Waals surface area contributed by atoms with Crippen molar-refractivity contribution in [3.8, 4) is 11.1 Å². The van der Waals surface area contributed by atoms with E-state index < -0.39 is 18.2 Å². The molecule has 0 fully saturated rings. The summed E-state index contributed by atoms with van der Waals surface area (Å²) in [5.41, 5.74) is 1.59. The Balaban J connectivity index is 1.50. The third kappa shape index (κ3) is 3.22. The van der Waals surface area contributed by atoms with Crippen LogP contribution in [0, 0.1) is 11.6 Å². The Bertz CT molecular complexity index is 1310. The predicted molar refractivity (Wildman–Crippen MR) is 104 cm³/mol. The number of carbonyl (C=O) groups is 1. The summed E-state index contributed by atoms with van der Waals surface area (Å²) in [4.78, 5) is 17.9. The molecule has 0 atom stereocenters. The van der Waals surface area contributed by atoms with Crippen molar-refractivity contribution in [3.63, 3.8) is 0 Å². The number of hydrogen-bond acceptors (Lipinski definition) is 3. The van der Waals surface area contributed by atoms with Gasteiger partial charge in [0.2, 0.25) is 0 Å². The molecule has 0 radical (unpaired) electrons. The summed E-state index contributed by atoms with van der Waals surface area (Å²) in [5.74, 6) is -2.00. The quantitative estimate of drug-likeness (QED) is 0.435. The lowest BCUT2D eigenvalue weighted by atomic mass is 9.99. The molecule has 1 amide bonds. The van der Waals surface area contributed by atoms with Gasteiger partial charge in [-0.15, -0.1) is 0 Å². The van der Waals surface area contributed by atoms with E-state index >= 15 is 0 Å². The lowest BCUT2D eigenvalue weighted by molar-refractivity contribution is 0.0573. The highest BCUT2D eigenvalue weighted by Crippen LogP contribution is 2.32. The molecule has 2 aromatic heterocycles. The van der Waals surface area contributed by atoms with E-state index in [1.54, 1.807) is 36.5 Å². The first-order valence-corrected chi connectivity index (χ1v) is 9.40. The van der Waals surface area contributed by atoms with Crippen molar-refractivity contribution < 1.29 is 22.4 Å². The molecule has 3 heterocycles. The molecule has 9 heteroatoms. The standard InChI is InChI=1S/C22H14F4N4O/c23-17-7-12(13-3-1-5-19-15(13)10-30(28-19)22(25)26)8-18(24)16(17)9-29-11-20-14(21(29)31)4-2-6-27-20/h1-8,10,22H,9,11H2. The molecule has 0 spiro atoms. The van der Waals surface area contributed by atoms with Gasteiger partial charge in [0, 0.05) is 23.3 Å². The molecule has 156 valence electrons. The van der Waals surface area contributed by atoms with Gasteiger partial charge >= 0.3 is 6.55 Å². The molecular weight excluding hydrogens is 412 g/mol. The smallest absolute Gasteiger partial charge is 0.328 e. The second-order valence-corrected chi connectivity index (χ2v) is 7.20. The molecule has 0 unspecified atom stereocenters. The number of carbonyl (C=O) groups excluding carboxylic acids is 1. The van der Waals surface area contributed by atoms with Gasteiger partial charge in [0.05, 0.1) is 29.9 Å². The molecule has 1 aliphatic heterocycles. The van der Waals surface area contributed by atoms with Crippen LogP contribution in [0.5, 0.6) is 0 Å². The maximum atomic E-state index is 14.9. The van der Waals surface area contributed by atoms with Crippen LogP contribution in [0.25, 0.3) is 22.0 Å². The Morgan fingerprint density at radius 3 is 2.48 bits per heavy atom. The Hall–Kier alpha value is -3.75. The van der Waals surface area contributed by atoms with Crippen LogP contribution in [0.1, 0.15) is 28.2 Å². The van der Waals surface area contributed by atoms with Gasteiger partial charge in [-0.25, -0.2) is 13.5 Å². The second kappa shape index (κ2) is 7.19. The number of fused-ring (bicyclic) bond motifs is 2. The van der Waals surface area contributed by atoms with Crippen LogP contribution in [0.2, 0.25) is 0 Å². The van der Waals surface area contributed by atoms with E-state index in [2.05, 4.69) is 10.1 Å². The van der Waals surface area contributed by atoms with E-state index in [-0.39, 0.29) is 35.6 Å². The summed E-state index contributed by atoms with van der Waals surface area (Å²) in [6.07, 6.45) is 2.70. The summed E-state index contributed by atoms with van der Waals surface area (Å²) in [5, 5.41) is 4.14. The molecule has 31 heavy (non-hydrogen) atoms. The highest BCUT2D eigenvalue weighted by atomic mass is 19.3. The highest BCUT2D eigenvalue weighted by Gasteiger charge is 2.29. The Kier molecular flexibility index (Phi) is 4.46. The molecule has 5 rings (SSSR count). The van der Waals surface area contributed by atoms with E-state index in [9.17, 15) is 22.4 Å². The maximum absolute atomic E-state index is 14.9. The molecule has 0 N–H and O–H groups in total. The van der Waals surface area contributed by atoms with Gasteiger partial charge in [-0.05, 0) is 41.5 Å². The Labute approximate surface area is 173 Å². The number of rotatable bonds is 4. The van der Waals surface area contributed by atoms with E-state index in [0.29, 0.717) is 26.9 Å². The van der Waals surface area contributed by atoms with Crippen molar-refractivity contribution in [2.75, 3.05) is 0 Å². The van der Waals surface area contributed by atoms with Crippen LogP contribution in [0.15, 0.2) is 54.9 Å². The first-order valence-electron chi connectivity index (χ1n) is 9.40. The topological polar surface area (TPSA) is 51.0 Å². The number of benzene rings is 2. The fourth-order valence-electron chi connectivity index (χ4n) is 3.82. The van der Waals surface area contributed by atoms with Gasteiger partial charge in [0.1, 0.15) is 11.6 Å². The minimum Gasteiger partial charge on any atom is -0.328 e. The summed E-state index contributed by atoms with van der Waals surface area (Å²) >= 11 is 0. The zero-order chi connectivity index (χ0) is 21.7. The summed E-state index contributed by atoms with van der Waals surface area (Å²) in [7, 11) is 0. The number of aromatic nitrogens is 3. The fourth-order valence-corrected chi connectivity index (χ4v) is 3.82. The van der Waals surface area contributed by atoms with E-state index in [4.69, 9.17) is 0 Å². The van der Waals surface area contributed by atoms with Crippen molar-refractivity contribution in [2.24, 2.45) is 0 Å². The van der Waals surface area contributed by atoms with E-state index in [1.165, 1.54) is 4.90 Å². The van der Waals surface area contributed by atoms with Crippen LogP contribution >= 0.6 is 0 Å². The lowest BCUT2D eigenvalue weighted by Crippen LogP contribution is -2.24. The van der Waals surface area contributed by atoms with Gasteiger partial charge < -0.3 is 4.90 Å². The van der Waals surface area contributed by atoms with Gasteiger partial charge in [0.15, 0.2) is 0 Å². The molecule has 5 nitrogen and oxygen atoms in total. The summed E-state index contributed by atoms with van der Waals surface area (Å²) < 4.78 is 56.3. The van der Waals surface area contributed by atoms with E-state index in [0.717, 1.165) is 18.3 Å². The number of halogens is 4. The molecule has 4 aromatic rings. The molecule has 0 saturated heterocycles. The van der Waals surface area contributed by atoms with Gasteiger partial charge in [-0.2, -0.15) is 13.9 Å². The number of alkyl halides is 2. The molecule has 0 bridgehead atoms. The predicted octanol–water partition coefficient (Wildman–Crippen LogP) is 4.93.